The second-order valence-electron chi connectivity index (χ2n) is 3.72. The quantitative estimate of drug-likeness (QED) is 0.686. The molecule has 92 valence electrons. The average molecular weight is 236 g/mol. The van der Waals surface area contributed by atoms with E-state index in [-0.39, 0.29) is 6.61 Å². The molecule has 0 amide bonds. The van der Waals surface area contributed by atoms with Gasteiger partial charge in [0.25, 0.3) is 0 Å². The van der Waals surface area contributed by atoms with Crippen LogP contribution in [0.15, 0.2) is 28.9 Å². The number of aliphatic hydroxyl groups is 1. The summed E-state index contributed by atoms with van der Waals surface area (Å²) in [6.45, 7) is 2.37. The van der Waals surface area contributed by atoms with Gasteiger partial charge in [-0.05, 0) is 25.1 Å². The van der Waals surface area contributed by atoms with Gasteiger partial charge in [-0.3, -0.25) is 4.68 Å². The van der Waals surface area contributed by atoms with Gasteiger partial charge in [-0.1, -0.05) is 5.21 Å². The topological polar surface area (TPSA) is 76.1 Å². The van der Waals surface area contributed by atoms with Crippen molar-refractivity contribution >= 4 is 0 Å². The Balaban J connectivity index is 1.60. The summed E-state index contributed by atoms with van der Waals surface area (Å²) in [5.41, 5.74) is 0. The molecule has 0 unspecified atom stereocenters. The first-order chi connectivity index (χ1) is 8.38. The summed E-state index contributed by atoms with van der Waals surface area (Å²) in [6, 6.07) is 3.66. The van der Waals surface area contributed by atoms with Crippen LogP contribution in [0.5, 0.6) is 0 Å². The molecule has 17 heavy (non-hydrogen) atoms. The van der Waals surface area contributed by atoms with Gasteiger partial charge in [-0.2, -0.15) is 0 Å². The molecule has 2 rings (SSSR count). The molecule has 0 saturated carbocycles. The largest absolute Gasteiger partial charge is 0.462 e. The number of hydrogen-bond acceptors (Lipinski definition) is 5. The van der Waals surface area contributed by atoms with Crippen molar-refractivity contribution in [2.45, 2.75) is 26.1 Å². The lowest BCUT2D eigenvalue weighted by Gasteiger charge is -2.02. The normalized spacial score (nSPS) is 10.9. The maximum atomic E-state index is 8.84. The molecule has 0 atom stereocenters. The average Bonchev–Trinajstić information content (AvgIpc) is 2.99. The number of hydrogen-bond donors (Lipinski definition) is 2. The number of aryl methyl sites for hydroxylation is 1. The van der Waals surface area contributed by atoms with Crippen LogP contribution >= 0.6 is 0 Å². The summed E-state index contributed by atoms with van der Waals surface area (Å²) in [5.74, 6) is 1.44. The van der Waals surface area contributed by atoms with Crippen LogP contribution in [0.25, 0.3) is 0 Å². The van der Waals surface area contributed by atoms with Gasteiger partial charge in [0, 0.05) is 12.7 Å². The molecule has 6 nitrogen and oxygen atoms in total. The fourth-order valence-electron chi connectivity index (χ4n) is 1.53. The van der Waals surface area contributed by atoms with Gasteiger partial charge in [0.1, 0.15) is 18.1 Å². The van der Waals surface area contributed by atoms with E-state index in [2.05, 4.69) is 15.6 Å². The third-order valence-corrected chi connectivity index (χ3v) is 2.39. The highest BCUT2D eigenvalue weighted by Crippen LogP contribution is 2.06. The van der Waals surface area contributed by atoms with Crippen molar-refractivity contribution in [2.24, 2.45) is 0 Å². The van der Waals surface area contributed by atoms with Gasteiger partial charge in [0.15, 0.2) is 0 Å². The molecule has 2 aromatic heterocycles. The van der Waals surface area contributed by atoms with E-state index >= 15 is 0 Å². The molecule has 0 aromatic carbocycles. The Bertz CT molecular complexity index is 424. The van der Waals surface area contributed by atoms with Crippen LogP contribution in [0.4, 0.5) is 0 Å². The minimum atomic E-state index is -0.0493. The molecule has 2 heterocycles. The molecular weight excluding hydrogens is 220 g/mol. The summed E-state index contributed by atoms with van der Waals surface area (Å²) in [4.78, 5) is 0. The van der Waals surface area contributed by atoms with Crippen LogP contribution in [0.3, 0.4) is 0 Å². The van der Waals surface area contributed by atoms with Crippen LogP contribution in [0.1, 0.15) is 17.9 Å². The molecule has 0 spiro atoms. The summed E-state index contributed by atoms with van der Waals surface area (Å²) < 4.78 is 7.15. The minimum Gasteiger partial charge on any atom is -0.462 e. The number of rotatable bonds is 7. The smallest absolute Gasteiger partial charge is 0.129 e. The molecule has 6 heteroatoms. The highest BCUT2D eigenvalue weighted by molar-refractivity contribution is 5.05. The van der Waals surface area contributed by atoms with Gasteiger partial charge in [-0.15, -0.1) is 5.10 Å². The Morgan fingerprint density at radius 1 is 1.35 bits per heavy atom. The van der Waals surface area contributed by atoms with Crippen LogP contribution in [-0.4, -0.2) is 26.6 Å². The van der Waals surface area contributed by atoms with E-state index in [1.807, 2.05) is 12.3 Å². The number of aliphatic hydroxyl groups excluding tert-OH is 1. The second-order valence-corrected chi connectivity index (χ2v) is 3.72. The molecule has 2 N–H and O–H groups in total. The van der Waals surface area contributed by atoms with Gasteiger partial charge < -0.3 is 14.8 Å². The fraction of sp³-hybridized carbons (Fsp3) is 0.455. The predicted molar refractivity (Wildman–Crippen MR) is 61.0 cm³/mol. The lowest BCUT2D eigenvalue weighted by atomic mass is 10.4. The van der Waals surface area contributed by atoms with E-state index in [1.165, 1.54) is 0 Å². The third kappa shape index (κ3) is 3.69. The Labute approximate surface area is 99.2 Å². The number of nitrogens with zero attached hydrogens (tertiary/aromatic N) is 3. The Morgan fingerprint density at radius 2 is 2.24 bits per heavy atom. The highest BCUT2D eigenvalue weighted by Gasteiger charge is 2.00. The van der Waals surface area contributed by atoms with Crippen molar-refractivity contribution in [1.82, 2.24) is 20.3 Å². The number of nitrogens with one attached hydrogen (secondary N) is 1. The molecule has 2 aromatic rings. The van der Waals surface area contributed by atoms with E-state index < -0.39 is 0 Å². The summed E-state index contributed by atoms with van der Waals surface area (Å²) >= 11 is 0. The first-order valence-electron chi connectivity index (χ1n) is 5.62. The lowest BCUT2D eigenvalue weighted by molar-refractivity contribution is 0.242. The van der Waals surface area contributed by atoms with E-state index in [0.717, 1.165) is 25.3 Å². The Hall–Kier alpha value is -1.66. The van der Waals surface area contributed by atoms with Gasteiger partial charge in [0.2, 0.25) is 0 Å². The molecule has 0 saturated heterocycles. The standard InChI is InChI=1S/C11H16N4O2/c16-9-11-3-2-10(17-11)8-12-4-1-6-15-7-5-13-14-15/h2-3,5,7,12,16H,1,4,6,8-9H2. The van der Waals surface area contributed by atoms with Crippen molar-refractivity contribution in [3.05, 3.63) is 36.0 Å². The molecular formula is C11H16N4O2. The third-order valence-electron chi connectivity index (χ3n) is 2.39. The lowest BCUT2D eigenvalue weighted by Crippen LogP contribution is -2.16. The van der Waals surface area contributed by atoms with Crippen molar-refractivity contribution in [1.29, 1.82) is 0 Å². The maximum Gasteiger partial charge on any atom is 0.129 e. The van der Waals surface area contributed by atoms with Gasteiger partial charge in [-0.25, -0.2) is 0 Å². The van der Waals surface area contributed by atoms with Gasteiger partial charge in [0.05, 0.1) is 12.7 Å². The maximum absolute atomic E-state index is 8.84. The van der Waals surface area contributed by atoms with Crippen molar-refractivity contribution in [3.8, 4) is 0 Å². The monoisotopic (exact) mass is 236 g/mol. The minimum absolute atomic E-state index is 0.0493. The Morgan fingerprint density at radius 3 is 2.94 bits per heavy atom. The van der Waals surface area contributed by atoms with E-state index in [1.54, 1.807) is 16.9 Å². The molecule has 0 aliphatic rings. The van der Waals surface area contributed by atoms with Crippen LogP contribution < -0.4 is 5.32 Å². The van der Waals surface area contributed by atoms with E-state index in [0.29, 0.717) is 12.3 Å². The van der Waals surface area contributed by atoms with Crippen LogP contribution in [-0.2, 0) is 19.7 Å². The molecule has 0 aliphatic carbocycles. The first-order valence-corrected chi connectivity index (χ1v) is 5.62. The zero-order valence-corrected chi connectivity index (χ0v) is 9.54. The van der Waals surface area contributed by atoms with Crippen LogP contribution in [0.2, 0.25) is 0 Å². The molecule has 0 radical (unpaired) electrons. The molecule has 0 fully saturated rings. The summed E-state index contributed by atoms with van der Waals surface area (Å²) in [6.07, 6.45) is 4.50. The van der Waals surface area contributed by atoms with Gasteiger partial charge >= 0.3 is 0 Å². The summed E-state index contributed by atoms with van der Waals surface area (Å²) in [7, 11) is 0. The second kappa shape index (κ2) is 6.17. The highest BCUT2D eigenvalue weighted by atomic mass is 16.4. The van der Waals surface area contributed by atoms with E-state index in [4.69, 9.17) is 9.52 Å². The first kappa shape index (κ1) is 11.8. The predicted octanol–water partition coefficient (Wildman–Crippen LogP) is 0.543. The zero-order valence-electron chi connectivity index (χ0n) is 9.54. The summed E-state index contributed by atoms with van der Waals surface area (Å²) in [5, 5.41) is 19.7. The number of aromatic nitrogens is 3. The zero-order chi connectivity index (χ0) is 11.9. The SMILES string of the molecule is OCc1ccc(CNCCCn2ccnn2)o1. The van der Waals surface area contributed by atoms with Crippen molar-refractivity contribution in [3.63, 3.8) is 0 Å². The van der Waals surface area contributed by atoms with Crippen molar-refractivity contribution < 1.29 is 9.52 Å². The molecule has 0 aliphatic heterocycles. The van der Waals surface area contributed by atoms with Crippen molar-refractivity contribution in [2.75, 3.05) is 6.54 Å². The van der Waals surface area contributed by atoms with E-state index in [9.17, 15) is 0 Å². The van der Waals surface area contributed by atoms with Crippen LogP contribution in [0, 0.1) is 0 Å². The number of furan rings is 1. The Kier molecular flexibility index (Phi) is 4.29. The fourth-order valence-corrected chi connectivity index (χ4v) is 1.53. The molecule has 0 bridgehead atoms.